The Labute approximate surface area is 117 Å². The number of hydrogen-bond donors (Lipinski definition) is 1. The standard InChI is InChI=1S/C16H9FN2O2/c17-11-5-6-13-10(7-8-21-13)14(11)15-18-12-4-2-1-3-9(12)16(20)19-15/h1-8H,(H,18,19,20). The normalized spacial score (nSPS) is 11.3. The molecule has 0 radical (unpaired) electrons. The van der Waals surface area contributed by atoms with Crippen molar-refractivity contribution in [3.63, 3.8) is 0 Å². The lowest BCUT2D eigenvalue weighted by Crippen LogP contribution is -2.10. The van der Waals surface area contributed by atoms with Crippen LogP contribution in [0.2, 0.25) is 0 Å². The van der Waals surface area contributed by atoms with Crippen molar-refractivity contribution in [3.8, 4) is 11.4 Å². The van der Waals surface area contributed by atoms with Gasteiger partial charge in [0.1, 0.15) is 17.2 Å². The van der Waals surface area contributed by atoms with Gasteiger partial charge in [-0.05, 0) is 30.3 Å². The van der Waals surface area contributed by atoms with Crippen LogP contribution >= 0.6 is 0 Å². The fourth-order valence-electron chi connectivity index (χ4n) is 2.46. The third-order valence-corrected chi connectivity index (χ3v) is 3.43. The summed E-state index contributed by atoms with van der Waals surface area (Å²) in [7, 11) is 0. The Kier molecular flexibility index (Phi) is 2.41. The number of furan rings is 1. The SMILES string of the molecule is O=c1[nH]c(-c2c(F)ccc3occc23)nc2ccccc12. The molecule has 0 fully saturated rings. The summed E-state index contributed by atoms with van der Waals surface area (Å²) in [5.74, 6) is -0.259. The highest BCUT2D eigenvalue weighted by atomic mass is 19.1. The molecule has 21 heavy (non-hydrogen) atoms. The molecule has 5 heteroatoms. The Morgan fingerprint density at radius 2 is 1.90 bits per heavy atom. The molecule has 0 amide bonds. The summed E-state index contributed by atoms with van der Waals surface area (Å²) in [5.41, 5.74) is 1.01. The number of nitrogens with zero attached hydrogens (tertiary/aromatic N) is 1. The molecule has 0 unspecified atom stereocenters. The van der Waals surface area contributed by atoms with E-state index >= 15 is 0 Å². The monoisotopic (exact) mass is 280 g/mol. The third kappa shape index (κ3) is 1.74. The molecule has 4 rings (SSSR count). The Hall–Kier alpha value is -2.95. The van der Waals surface area contributed by atoms with Crippen molar-refractivity contribution in [2.45, 2.75) is 0 Å². The van der Waals surface area contributed by atoms with Crippen LogP contribution in [0.5, 0.6) is 0 Å². The molecule has 102 valence electrons. The van der Waals surface area contributed by atoms with Crippen molar-refractivity contribution >= 4 is 21.9 Å². The van der Waals surface area contributed by atoms with Crippen LogP contribution < -0.4 is 5.56 Å². The molecule has 0 atom stereocenters. The number of para-hydroxylation sites is 1. The zero-order valence-electron chi connectivity index (χ0n) is 10.8. The number of rotatable bonds is 1. The molecular formula is C16H9FN2O2. The molecule has 2 aromatic carbocycles. The highest BCUT2D eigenvalue weighted by Gasteiger charge is 2.15. The lowest BCUT2D eigenvalue weighted by Gasteiger charge is -2.05. The highest BCUT2D eigenvalue weighted by Crippen LogP contribution is 2.29. The van der Waals surface area contributed by atoms with Gasteiger partial charge in [-0.3, -0.25) is 4.79 Å². The van der Waals surface area contributed by atoms with Crippen molar-refractivity contribution in [1.82, 2.24) is 9.97 Å². The number of benzene rings is 2. The van der Waals surface area contributed by atoms with Gasteiger partial charge in [0.05, 0.1) is 22.7 Å². The summed E-state index contributed by atoms with van der Waals surface area (Å²) in [6, 6.07) is 11.5. The topological polar surface area (TPSA) is 58.9 Å². The molecule has 4 aromatic rings. The van der Waals surface area contributed by atoms with Crippen LogP contribution in [0.4, 0.5) is 4.39 Å². The highest BCUT2D eigenvalue weighted by molar-refractivity contribution is 5.93. The number of aromatic amines is 1. The quantitative estimate of drug-likeness (QED) is 0.580. The first kappa shape index (κ1) is 11.8. The molecule has 0 aliphatic rings. The van der Waals surface area contributed by atoms with Gasteiger partial charge in [-0.2, -0.15) is 0 Å². The molecule has 0 aliphatic carbocycles. The second-order valence-corrected chi connectivity index (χ2v) is 4.69. The van der Waals surface area contributed by atoms with E-state index in [1.54, 1.807) is 36.4 Å². The summed E-state index contributed by atoms with van der Waals surface area (Å²) >= 11 is 0. The molecule has 0 saturated heterocycles. The fraction of sp³-hybridized carbons (Fsp3) is 0. The van der Waals surface area contributed by atoms with Gasteiger partial charge in [0.2, 0.25) is 0 Å². The van der Waals surface area contributed by atoms with Crippen LogP contribution in [-0.4, -0.2) is 9.97 Å². The van der Waals surface area contributed by atoms with E-state index in [4.69, 9.17) is 4.42 Å². The van der Waals surface area contributed by atoms with Gasteiger partial charge >= 0.3 is 0 Å². The van der Waals surface area contributed by atoms with Gasteiger partial charge in [0, 0.05) is 5.39 Å². The second kappa shape index (κ2) is 4.28. The van der Waals surface area contributed by atoms with Gasteiger partial charge < -0.3 is 9.40 Å². The average molecular weight is 280 g/mol. The molecule has 0 aliphatic heterocycles. The summed E-state index contributed by atoms with van der Waals surface area (Å²) < 4.78 is 19.5. The molecule has 1 N–H and O–H groups in total. The van der Waals surface area contributed by atoms with E-state index in [0.717, 1.165) is 0 Å². The van der Waals surface area contributed by atoms with Crippen molar-refractivity contribution < 1.29 is 8.81 Å². The first-order valence-corrected chi connectivity index (χ1v) is 6.39. The molecule has 2 heterocycles. The first-order chi connectivity index (χ1) is 10.2. The number of halogens is 1. The number of hydrogen-bond acceptors (Lipinski definition) is 3. The van der Waals surface area contributed by atoms with E-state index in [9.17, 15) is 9.18 Å². The van der Waals surface area contributed by atoms with Crippen molar-refractivity contribution in [3.05, 3.63) is 64.9 Å². The lowest BCUT2D eigenvalue weighted by molar-refractivity contribution is 0.610. The summed E-state index contributed by atoms with van der Waals surface area (Å²) in [6.45, 7) is 0. The Morgan fingerprint density at radius 1 is 1.05 bits per heavy atom. The smallest absolute Gasteiger partial charge is 0.259 e. The Bertz CT molecular complexity index is 1030. The maximum absolute atomic E-state index is 14.2. The van der Waals surface area contributed by atoms with E-state index in [2.05, 4.69) is 9.97 Å². The third-order valence-electron chi connectivity index (χ3n) is 3.43. The average Bonchev–Trinajstić information content (AvgIpc) is 2.95. The van der Waals surface area contributed by atoms with Crippen molar-refractivity contribution in [2.24, 2.45) is 0 Å². The first-order valence-electron chi connectivity index (χ1n) is 6.39. The van der Waals surface area contributed by atoms with Gasteiger partial charge in [-0.15, -0.1) is 0 Å². The number of nitrogens with one attached hydrogen (secondary N) is 1. The van der Waals surface area contributed by atoms with Crippen LogP contribution in [-0.2, 0) is 0 Å². The van der Waals surface area contributed by atoms with E-state index in [-0.39, 0.29) is 16.9 Å². The minimum Gasteiger partial charge on any atom is -0.464 e. The molecular weight excluding hydrogens is 271 g/mol. The van der Waals surface area contributed by atoms with Gasteiger partial charge in [0.25, 0.3) is 5.56 Å². The molecule has 0 saturated carbocycles. The van der Waals surface area contributed by atoms with Crippen LogP contribution in [0, 0.1) is 5.82 Å². The molecule has 4 nitrogen and oxygen atoms in total. The minimum atomic E-state index is -0.456. The minimum absolute atomic E-state index is 0.197. The predicted molar refractivity (Wildman–Crippen MR) is 77.5 cm³/mol. The lowest BCUT2D eigenvalue weighted by atomic mass is 10.1. The van der Waals surface area contributed by atoms with E-state index in [1.165, 1.54) is 12.3 Å². The maximum Gasteiger partial charge on any atom is 0.259 e. The number of fused-ring (bicyclic) bond motifs is 2. The van der Waals surface area contributed by atoms with Gasteiger partial charge in [-0.1, -0.05) is 12.1 Å². The van der Waals surface area contributed by atoms with Crippen LogP contribution in [0.1, 0.15) is 0 Å². The van der Waals surface area contributed by atoms with Crippen LogP contribution in [0.25, 0.3) is 33.3 Å². The van der Waals surface area contributed by atoms with Crippen LogP contribution in [0.3, 0.4) is 0 Å². The van der Waals surface area contributed by atoms with Gasteiger partial charge in [-0.25, -0.2) is 9.37 Å². The number of H-pyrrole nitrogens is 1. The predicted octanol–water partition coefficient (Wildman–Crippen LogP) is 3.48. The molecule has 0 spiro atoms. The zero-order chi connectivity index (χ0) is 14.4. The Morgan fingerprint density at radius 3 is 2.81 bits per heavy atom. The van der Waals surface area contributed by atoms with Crippen molar-refractivity contribution in [2.75, 3.05) is 0 Å². The molecule has 0 bridgehead atoms. The van der Waals surface area contributed by atoms with Crippen molar-refractivity contribution in [1.29, 1.82) is 0 Å². The summed E-state index contributed by atoms with van der Waals surface area (Å²) in [6.07, 6.45) is 1.48. The van der Waals surface area contributed by atoms with Gasteiger partial charge in [0.15, 0.2) is 0 Å². The maximum atomic E-state index is 14.2. The van der Waals surface area contributed by atoms with E-state index < -0.39 is 5.82 Å². The zero-order valence-corrected chi connectivity index (χ0v) is 10.8. The van der Waals surface area contributed by atoms with E-state index in [1.807, 2.05) is 0 Å². The fourth-order valence-corrected chi connectivity index (χ4v) is 2.46. The summed E-state index contributed by atoms with van der Waals surface area (Å²) in [5, 5.41) is 1.05. The molecule has 2 aromatic heterocycles. The number of aromatic nitrogens is 2. The largest absolute Gasteiger partial charge is 0.464 e. The summed E-state index contributed by atoms with van der Waals surface area (Å²) in [4.78, 5) is 19.1. The Balaban J connectivity index is 2.11. The second-order valence-electron chi connectivity index (χ2n) is 4.69. The van der Waals surface area contributed by atoms with E-state index in [0.29, 0.717) is 21.9 Å². The van der Waals surface area contributed by atoms with Crippen LogP contribution in [0.15, 0.2) is 57.9 Å².